The number of nitrogens with zero attached hydrogens (tertiary/aromatic N) is 1. The number of hydrogen-bond donors (Lipinski definition) is 2. The molecule has 0 aliphatic heterocycles. The highest BCUT2D eigenvalue weighted by Gasteiger charge is 2.17. The molecule has 2 aromatic rings. The Hall–Kier alpha value is -2.27. The van der Waals surface area contributed by atoms with Crippen molar-refractivity contribution in [1.82, 2.24) is 5.16 Å². The van der Waals surface area contributed by atoms with Crippen LogP contribution in [0.4, 0.5) is 5.69 Å². The van der Waals surface area contributed by atoms with Gasteiger partial charge in [0.1, 0.15) is 5.57 Å². The van der Waals surface area contributed by atoms with Crippen molar-refractivity contribution in [2.45, 2.75) is 6.92 Å². The van der Waals surface area contributed by atoms with Gasteiger partial charge in [-0.1, -0.05) is 16.8 Å². The van der Waals surface area contributed by atoms with Gasteiger partial charge < -0.3 is 14.9 Å². The third kappa shape index (κ3) is 3.14. The number of carbonyl (C=O) groups excluding carboxylic acids is 1. The molecule has 0 aliphatic rings. The highest BCUT2D eigenvalue weighted by atomic mass is 35.5. The Bertz CT molecular complexity index is 617. The van der Waals surface area contributed by atoms with Gasteiger partial charge in [0.2, 0.25) is 0 Å². The van der Waals surface area contributed by atoms with Crippen molar-refractivity contribution in [2.24, 2.45) is 0 Å². The highest BCUT2D eigenvalue weighted by molar-refractivity contribution is 6.30. The lowest BCUT2D eigenvalue weighted by atomic mass is 10.2. The zero-order valence-electron chi connectivity index (χ0n) is 10.1. The first-order chi connectivity index (χ1) is 9.10. The van der Waals surface area contributed by atoms with Gasteiger partial charge in [-0.05, 0) is 31.2 Å². The number of benzene rings is 1. The first kappa shape index (κ1) is 13.2. The minimum atomic E-state index is -0.499. The zero-order valence-corrected chi connectivity index (χ0v) is 10.8. The maximum Gasteiger partial charge on any atom is 0.262 e. The fourth-order valence-corrected chi connectivity index (χ4v) is 1.58. The number of aliphatic hydroxyl groups excluding tert-OH is 1. The Morgan fingerprint density at radius 3 is 2.63 bits per heavy atom. The monoisotopic (exact) mass is 278 g/mol. The van der Waals surface area contributed by atoms with Crippen molar-refractivity contribution in [2.75, 3.05) is 5.32 Å². The molecule has 2 N–H and O–H groups in total. The van der Waals surface area contributed by atoms with E-state index in [4.69, 9.17) is 21.2 Å². The third-order valence-corrected chi connectivity index (χ3v) is 2.62. The molecule has 0 saturated heterocycles. The van der Waals surface area contributed by atoms with E-state index in [9.17, 15) is 4.79 Å². The Morgan fingerprint density at radius 1 is 1.42 bits per heavy atom. The molecule has 0 radical (unpaired) electrons. The van der Waals surface area contributed by atoms with Crippen LogP contribution in [0.3, 0.4) is 0 Å². The predicted octanol–water partition coefficient (Wildman–Crippen LogP) is 3.17. The van der Waals surface area contributed by atoms with Gasteiger partial charge in [-0.3, -0.25) is 4.79 Å². The van der Waals surface area contributed by atoms with Crippen molar-refractivity contribution in [3.63, 3.8) is 0 Å². The molecule has 1 aromatic heterocycles. The second-order valence-electron chi connectivity index (χ2n) is 3.84. The van der Waals surface area contributed by atoms with E-state index in [1.54, 1.807) is 37.3 Å². The van der Waals surface area contributed by atoms with Crippen molar-refractivity contribution < 1.29 is 14.4 Å². The van der Waals surface area contributed by atoms with E-state index in [0.717, 1.165) is 0 Å². The standard InChI is InChI=1S/C13H11ClN2O3/c1-8-6-12(19-16-8)11(7-17)13(18)15-10-4-2-9(14)3-5-10/h2-7,17H,1H3,(H,15,18). The van der Waals surface area contributed by atoms with E-state index in [1.807, 2.05) is 0 Å². The zero-order chi connectivity index (χ0) is 13.8. The second kappa shape index (κ2) is 5.58. The van der Waals surface area contributed by atoms with E-state index in [0.29, 0.717) is 22.7 Å². The first-order valence-electron chi connectivity index (χ1n) is 5.45. The Balaban J connectivity index is 2.16. The molecule has 1 heterocycles. The number of anilines is 1. The molecular formula is C13H11ClN2O3. The number of rotatable bonds is 3. The van der Waals surface area contributed by atoms with Crippen molar-refractivity contribution in [1.29, 1.82) is 0 Å². The molecule has 6 heteroatoms. The van der Waals surface area contributed by atoms with Crippen molar-refractivity contribution >= 4 is 28.8 Å². The van der Waals surface area contributed by atoms with Crippen molar-refractivity contribution in [3.05, 3.63) is 53.1 Å². The maximum atomic E-state index is 12.0. The lowest BCUT2D eigenvalue weighted by Gasteiger charge is -2.05. The predicted molar refractivity (Wildman–Crippen MR) is 71.9 cm³/mol. The van der Waals surface area contributed by atoms with Gasteiger partial charge in [0.25, 0.3) is 5.91 Å². The summed E-state index contributed by atoms with van der Waals surface area (Å²) in [5.74, 6) is -0.299. The average molecular weight is 279 g/mol. The smallest absolute Gasteiger partial charge is 0.262 e. The van der Waals surface area contributed by atoms with Gasteiger partial charge in [0.15, 0.2) is 5.76 Å². The first-order valence-corrected chi connectivity index (χ1v) is 5.83. The molecule has 0 spiro atoms. The van der Waals surface area contributed by atoms with E-state index >= 15 is 0 Å². The summed E-state index contributed by atoms with van der Waals surface area (Å²) in [5, 5.41) is 16.0. The Morgan fingerprint density at radius 2 is 2.11 bits per heavy atom. The maximum absolute atomic E-state index is 12.0. The topological polar surface area (TPSA) is 75.4 Å². The van der Waals surface area contributed by atoms with Crippen LogP contribution in [-0.4, -0.2) is 16.2 Å². The summed E-state index contributed by atoms with van der Waals surface area (Å²) in [7, 11) is 0. The Labute approximate surface area is 114 Å². The van der Waals surface area contributed by atoms with Gasteiger partial charge in [-0.2, -0.15) is 0 Å². The molecule has 2 rings (SSSR count). The summed E-state index contributed by atoms with van der Waals surface area (Å²) >= 11 is 5.75. The molecule has 0 fully saturated rings. The number of carbonyl (C=O) groups is 1. The second-order valence-corrected chi connectivity index (χ2v) is 4.27. The minimum Gasteiger partial charge on any atom is -0.515 e. The number of hydrogen-bond acceptors (Lipinski definition) is 4. The third-order valence-electron chi connectivity index (χ3n) is 2.37. The van der Waals surface area contributed by atoms with Gasteiger partial charge in [-0.15, -0.1) is 0 Å². The molecular weight excluding hydrogens is 268 g/mol. The molecule has 0 bridgehead atoms. The van der Waals surface area contributed by atoms with Crippen LogP contribution in [-0.2, 0) is 4.79 Å². The van der Waals surface area contributed by atoms with Crippen LogP contribution in [0.5, 0.6) is 0 Å². The molecule has 0 aliphatic carbocycles. The molecule has 1 aromatic carbocycles. The van der Waals surface area contributed by atoms with E-state index in [2.05, 4.69) is 10.5 Å². The number of nitrogens with one attached hydrogen (secondary N) is 1. The van der Waals surface area contributed by atoms with E-state index < -0.39 is 5.91 Å². The normalized spacial score (nSPS) is 11.4. The van der Waals surface area contributed by atoms with Gasteiger partial charge in [0, 0.05) is 16.8 Å². The molecule has 0 saturated carbocycles. The van der Waals surface area contributed by atoms with Gasteiger partial charge >= 0.3 is 0 Å². The average Bonchev–Trinajstić information content (AvgIpc) is 2.80. The largest absolute Gasteiger partial charge is 0.515 e. The number of aromatic nitrogens is 1. The summed E-state index contributed by atoms with van der Waals surface area (Å²) in [6.07, 6.45) is 0.686. The molecule has 98 valence electrons. The van der Waals surface area contributed by atoms with Crippen molar-refractivity contribution in [3.8, 4) is 0 Å². The SMILES string of the molecule is Cc1cc(C(=CO)C(=O)Nc2ccc(Cl)cc2)on1. The molecule has 0 unspecified atom stereocenters. The van der Waals surface area contributed by atoms with Crippen LogP contribution in [0, 0.1) is 6.92 Å². The minimum absolute atomic E-state index is 0.00412. The van der Waals surface area contributed by atoms with E-state index in [-0.39, 0.29) is 11.3 Å². The van der Waals surface area contributed by atoms with Crippen LogP contribution >= 0.6 is 11.6 Å². The molecule has 19 heavy (non-hydrogen) atoms. The van der Waals surface area contributed by atoms with Crippen LogP contribution in [0.15, 0.2) is 41.1 Å². The summed E-state index contributed by atoms with van der Waals surface area (Å²) in [5.41, 5.74) is 1.18. The fraction of sp³-hybridized carbons (Fsp3) is 0.0769. The number of halogens is 1. The quantitative estimate of drug-likeness (QED) is 0.668. The summed E-state index contributed by atoms with van der Waals surface area (Å²) in [6, 6.07) is 8.17. The van der Waals surface area contributed by atoms with Gasteiger partial charge in [0.05, 0.1) is 12.0 Å². The molecule has 1 amide bonds. The number of aliphatic hydroxyl groups is 1. The van der Waals surface area contributed by atoms with Gasteiger partial charge in [-0.25, -0.2) is 0 Å². The van der Waals surface area contributed by atoms with Crippen LogP contribution in [0.25, 0.3) is 5.57 Å². The van der Waals surface area contributed by atoms with Crippen LogP contribution in [0.1, 0.15) is 11.5 Å². The lowest BCUT2D eigenvalue weighted by Crippen LogP contribution is -2.13. The van der Waals surface area contributed by atoms with Crippen LogP contribution < -0.4 is 5.32 Å². The molecule has 5 nitrogen and oxygen atoms in total. The Kier molecular flexibility index (Phi) is 3.87. The summed E-state index contributed by atoms with van der Waals surface area (Å²) in [4.78, 5) is 12.0. The van der Waals surface area contributed by atoms with Crippen LogP contribution in [0.2, 0.25) is 5.02 Å². The fourth-order valence-electron chi connectivity index (χ4n) is 1.46. The molecule has 0 atom stereocenters. The highest BCUT2D eigenvalue weighted by Crippen LogP contribution is 2.19. The summed E-state index contributed by atoms with van der Waals surface area (Å²) < 4.78 is 4.94. The number of aryl methyl sites for hydroxylation is 1. The number of amides is 1. The summed E-state index contributed by atoms with van der Waals surface area (Å²) in [6.45, 7) is 1.72. The lowest BCUT2D eigenvalue weighted by molar-refractivity contribution is -0.111. The van der Waals surface area contributed by atoms with E-state index in [1.165, 1.54) is 0 Å².